The standard InChI is InChI=1S/C15H20N4O2.ClH/c1-16-9-10-17-14(20)8-4-7-13-18-12-6-3-2-5-11(12)15(21)19-13;/h2-3,5-6,16H,4,7-10H2,1H3,(H,17,20)(H,18,19,21);1H. The van der Waals surface area contributed by atoms with Crippen molar-refractivity contribution in [2.75, 3.05) is 20.1 Å². The Bertz CT molecular complexity index is 672. The minimum Gasteiger partial charge on any atom is -0.355 e. The van der Waals surface area contributed by atoms with Gasteiger partial charge in [0.05, 0.1) is 10.9 Å². The van der Waals surface area contributed by atoms with Gasteiger partial charge in [-0.2, -0.15) is 0 Å². The van der Waals surface area contributed by atoms with E-state index in [0.717, 1.165) is 6.54 Å². The van der Waals surface area contributed by atoms with Crippen LogP contribution < -0.4 is 16.2 Å². The van der Waals surface area contributed by atoms with Crippen LogP contribution in [0.2, 0.25) is 0 Å². The van der Waals surface area contributed by atoms with E-state index >= 15 is 0 Å². The van der Waals surface area contributed by atoms with Gasteiger partial charge in [0, 0.05) is 25.9 Å². The maximum atomic E-state index is 11.9. The minimum absolute atomic E-state index is 0. The highest BCUT2D eigenvalue weighted by Crippen LogP contribution is 2.07. The minimum atomic E-state index is -0.130. The third-order valence-corrected chi connectivity index (χ3v) is 3.18. The van der Waals surface area contributed by atoms with Crippen LogP contribution >= 0.6 is 12.4 Å². The lowest BCUT2D eigenvalue weighted by Crippen LogP contribution is -2.30. The van der Waals surface area contributed by atoms with Crippen LogP contribution in [0.15, 0.2) is 29.1 Å². The van der Waals surface area contributed by atoms with E-state index in [4.69, 9.17) is 0 Å². The average molecular weight is 325 g/mol. The van der Waals surface area contributed by atoms with Gasteiger partial charge in [-0.05, 0) is 25.6 Å². The van der Waals surface area contributed by atoms with Crippen molar-refractivity contribution >= 4 is 29.2 Å². The van der Waals surface area contributed by atoms with Crippen molar-refractivity contribution in [1.82, 2.24) is 20.6 Å². The van der Waals surface area contributed by atoms with Crippen molar-refractivity contribution in [3.05, 3.63) is 40.4 Å². The molecule has 22 heavy (non-hydrogen) atoms. The van der Waals surface area contributed by atoms with Crippen LogP contribution in [0.4, 0.5) is 0 Å². The summed E-state index contributed by atoms with van der Waals surface area (Å²) < 4.78 is 0. The molecular weight excluding hydrogens is 304 g/mol. The molecular formula is C15H21ClN4O2. The van der Waals surface area contributed by atoms with E-state index in [1.54, 1.807) is 6.07 Å². The number of benzene rings is 1. The Kier molecular flexibility index (Phi) is 7.56. The number of hydrogen-bond acceptors (Lipinski definition) is 4. The first-order chi connectivity index (χ1) is 10.2. The molecule has 2 aromatic rings. The van der Waals surface area contributed by atoms with Crippen LogP contribution in [0.3, 0.4) is 0 Å². The Hall–Kier alpha value is -1.92. The number of carbonyl (C=O) groups is 1. The predicted octanol–water partition coefficient (Wildman–Crippen LogP) is 1.00. The molecule has 0 fully saturated rings. The number of amides is 1. The van der Waals surface area contributed by atoms with E-state index < -0.39 is 0 Å². The molecule has 0 saturated carbocycles. The molecule has 3 N–H and O–H groups in total. The van der Waals surface area contributed by atoms with E-state index in [1.165, 1.54) is 0 Å². The van der Waals surface area contributed by atoms with Crippen molar-refractivity contribution in [2.45, 2.75) is 19.3 Å². The SMILES string of the molecule is CNCCNC(=O)CCCc1nc2ccccc2c(=O)[nH]1.Cl. The number of nitrogens with one attached hydrogen (secondary N) is 3. The smallest absolute Gasteiger partial charge is 0.258 e. The Morgan fingerprint density at radius 1 is 1.27 bits per heavy atom. The van der Waals surface area contributed by atoms with E-state index in [1.807, 2.05) is 25.2 Å². The molecule has 0 aliphatic heterocycles. The predicted molar refractivity (Wildman–Crippen MR) is 89.5 cm³/mol. The van der Waals surface area contributed by atoms with Gasteiger partial charge in [-0.3, -0.25) is 9.59 Å². The largest absolute Gasteiger partial charge is 0.355 e. The number of aromatic amines is 1. The lowest BCUT2D eigenvalue weighted by molar-refractivity contribution is -0.121. The monoisotopic (exact) mass is 324 g/mol. The molecule has 0 atom stereocenters. The summed E-state index contributed by atoms with van der Waals surface area (Å²) in [4.78, 5) is 30.6. The molecule has 2 rings (SSSR count). The zero-order valence-electron chi connectivity index (χ0n) is 12.5. The van der Waals surface area contributed by atoms with Gasteiger partial charge in [0.2, 0.25) is 5.91 Å². The number of carbonyl (C=O) groups excluding carboxylic acids is 1. The number of H-pyrrole nitrogens is 1. The Morgan fingerprint density at radius 3 is 2.82 bits per heavy atom. The lowest BCUT2D eigenvalue weighted by Gasteiger charge is -2.05. The summed E-state index contributed by atoms with van der Waals surface area (Å²) in [5.41, 5.74) is 0.559. The molecule has 1 aromatic heterocycles. The van der Waals surface area contributed by atoms with E-state index in [-0.39, 0.29) is 23.9 Å². The number of nitrogens with zero attached hydrogens (tertiary/aromatic N) is 1. The molecule has 7 heteroatoms. The molecule has 1 amide bonds. The van der Waals surface area contributed by atoms with Gasteiger partial charge in [0.1, 0.15) is 5.82 Å². The first-order valence-electron chi connectivity index (χ1n) is 7.10. The van der Waals surface area contributed by atoms with Gasteiger partial charge >= 0.3 is 0 Å². The maximum Gasteiger partial charge on any atom is 0.258 e. The van der Waals surface area contributed by atoms with Gasteiger partial charge in [-0.1, -0.05) is 12.1 Å². The zero-order chi connectivity index (χ0) is 15.1. The van der Waals surface area contributed by atoms with E-state index in [9.17, 15) is 9.59 Å². The van der Waals surface area contributed by atoms with Crippen LogP contribution in [0, 0.1) is 0 Å². The van der Waals surface area contributed by atoms with Gasteiger partial charge in [-0.25, -0.2) is 4.98 Å². The fourth-order valence-electron chi connectivity index (χ4n) is 2.08. The summed E-state index contributed by atoms with van der Waals surface area (Å²) >= 11 is 0. The average Bonchev–Trinajstić information content (AvgIpc) is 2.48. The number of halogens is 1. The second-order valence-electron chi connectivity index (χ2n) is 4.84. The number of rotatable bonds is 7. The van der Waals surface area contributed by atoms with Crippen LogP contribution in [-0.2, 0) is 11.2 Å². The van der Waals surface area contributed by atoms with Gasteiger partial charge in [0.15, 0.2) is 0 Å². The molecule has 0 aliphatic rings. The number of aryl methyl sites for hydroxylation is 1. The van der Waals surface area contributed by atoms with Crippen LogP contribution in [-0.4, -0.2) is 36.0 Å². The number of aromatic nitrogens is 2. The van der Waals surface area contributed by atoms with Crippen molar-refractivity contribution in [1.29, 1.82) is 0 Å². The second kappa shape index (κ2) is 9.17. The third-order valence-electron chi connectivity index (χ3n) is 3.18. The van der Waals surface area contributed by atoms with Crippen molar-refractivity contribution in [3.63, 3.8) is 0 Å². The molecule has 0 aliphatic carbocycles. The van der Waals surface area contributed by atoms with Gasteiger partial charge < -0.3 is 15.6 Å². The van der Waals surface area contributed by atoms with Crippen molar-refractivity contribution in [3.8, 4) is 0 Å². The number of likely N-dealkylation sites (N-methyl/N-ethyl adjacent to an activating group) is 1. The quantitative estimate of drug-likeness (QED) is 0.663. The summed E-state index contributed by atoms with van der Waals surface area (Å²) in [6, 6.07) is 7.24. The second-order valence-corrected chi connectivity index (χ2v) is 4.84. The molecule has 0 unspecified atom stereocenters. The highest BCUT2D eigenvalue weighted by molar-refractivity contribution is 5.85. The molecule has 0 radical (unpaired) electrons. The Morgan fingerprint density at radius 2 is 2.05 bits per heavy atom. The topological polar surface area (TPSA) is 86.9 Å². The van der Waals surface area contributed by atoms with Crippen LogP contribution in [0.25, 0.3) is 10.9 Å². The fourth-order valence-corrected chi connectivity index (χ4v) is 2.08. The lowest BCUT2D eigenvalue weighted by atomic mass is 10.2. The van der Waals surface area contributed by atoms with Crippen LogP contribution in [0.1, 0.15) is 18.7 Å². The van der Waals surface area contributed by atoms with E-state index in [2.05, 4.69) is 20.6 Å². The van der Waals surface area contributed by atoms with Crippen molar-refractivity contribution in [2.24, 2.45) is 0 Å². The summed E-state index contributed by atoms with van der Waals surface area (Å²) in [6.45, 7) is 1.38. The summed E-state index contributed by atoms with van der Waals surface area (Å²) in [6.07, 6.45) is 1.67. The molecule has 120 valence electrons. The summed E-state index contributed by atoms with van der Waals surface area (Å²) in [7, 11) is 1.84. The maximum absolute atomic E-state index is 11.9. The normalized spacial score (nSPS) is 10.2. The summed E-state index contributed by atoms with van der Waals surface area (Å²) in [5, 5.41) is 6.37. The van der Waals surface area contributed by atoms with Gasteiger partial charge in [-0.15, -0.1) is 12.4 Å². The third kappa shape index (κ3) is 5.13. The number of hydrogen-bond donors (Lipinski definition) is 3. The first-order valence-corrected chi connectivity index (χ1v) is 7.10. The highest BCUT2D eigenvalue weighted by atomic mass is 35.5. The van der Waals surface area contributed by atoms with E-state index in [0.29, 0.717) is 42.5 Å². The Labute approximate surface area is 135 Å². The first kappa shape index (κ1) is 18.1. The molecule has 6 nitrogen and oxygen atoms in total. The highest BCUT2D eigenvalue weighted by Gasteiger charge is 2.05. The molecule has 1 heterocycles. The number of para-hydroxylation sites is 1. The van der Waals surface area contributed by atoms with Crippen molar-refractivity contribution < 1.29 is 4.79 Å². The molecule has 0 saturated heterocycles. The van der Waals surface area contributed by atoms with Crippen LogP contribution in [0.5, 0.6) is 0 Å². The number of fused-ring (bicyclic) bond motifs is 1. The molecule has 0 bridgehead atoms. The Balaban J connectivity index is 0.00000242. The zero-order valence-corrected chi connectivity index (χ0v) is 13.3. The fraction of sp³-hybridized carbons (Fsp3) is 0.400. The molecule has 1 aromatic carbocycles. The molecule has 0 spiro atoms. The summed E-state index contributed by atoms with van der Waals surface area (Å²) in [5.74, 6) is 0.648. The van der Waals surface area contributed by atoms with Gasteiger partial charge in [0.25, 0.3) is 5.56 Å².